The van der Waals surface area contributed by atoms with E-state index in [0.717, 1.165) is 85.6 Å². The molecule has 92 heavy (non-hydrogen) atoms. The highest BCUT2D eigenvalue weighted by molar-refractivity contribution is 7.19. The maximum absolute atomic E-state index is 8.55. The van der Waals surface area contributed by atoms with Gasteiger partial charge in [-0.05, 0) is 272 Å². The molecule has 4 heterocycles. The third kappa shape index (κ3) is 15.6. The first-order valence-corrected chi connectivity index (χ1v) is 35.3. The summed E-state index contributed by atoms with van der Waals surface area (Å²) in [6.07, 6.45) is 1.93. The Balaban J connectivity index is 0.000000150. The normalized spacial score (nSPS) is 13.8. The van der Waals surface area contributed by atoms with Crippen molar-refractivity contribution in [1.82, 2.24) is 0 Å². The van der Waals surface area contributed by atoms with E-state index < -0.39 is 23.6 Å². The molecule has 2 nitrogen and oxygen atoms in total. The van der Waals surface area contributed by atoms with Crippen molar-refractivity contribution in [3.05, 3.63) is 221 Å². The van der Waals surface area contributed by atoms with E-state index in [0.29, 0.717) is 23.7 Å². The smallest absolute Gasteiger partial charge is 0.0671 e. The average Bonchev–Trinajstić information content (AvgIpc) is 0.897. The van der Waals surface area contributed by atoms with Gasteiger partial charge in [-0.1, -0.05) is 208 Å². The number of aliphatic imine (C=N–C) groups is 2. The van der Waals surface area contributed by atoms with Gasteiger partial charge in [-0.3, -0.25) is 9.98 Å². The number of nitrogens with zero attached hydrogens (tertiary/aromatic N) is 2. The predicted octanol–water partition coefficient (Wildman–Crippen LogP) is 28.0. The Bertz CT molecular complexity index is 4480. The first kappa shape index (κ1) is 63.8. The van der Waals surface area contributed by atoms with Crippen molar-refractivity contribution in [3.8, 4) is 44.5 Å². The topological polar surface area (TPSA) is 24.7 Å². The van der Waals surface area contributed by atoms with Gasteiger partial charge in [0.25, 0.3) is 0 Å². The summed E-state index contributed by atoms with van der Waals surface area (Å²) in [5, 5.41) is 2.64. The van der Waals surface area contributed by atoms with E-state index in [4.69, 9.17) is 5.48 Å². The molecule has 10 aromatic rings. The Morgan fingerprint density at radius 2 is 0.543 bits per heavy atom. The first-order valence-electron chi connectivity index (χ1n) is 35.6. The predicted molar refractivity (Wildman–Crippen MR) is 412 cm³/mol. The maximum Gasteiger partial charge on any atom is 0.0671 e. The minimum Gasteiger partial charge on any atom is -0.257 e. The van der Waals surface area contributed by atoms with E-state index >= 15 is 0 Å². The van der Waals surface area contributed by atoms with E-state index in [1.807, 2.05) is 91.9 Å². The molecule has 0 bridgehead atoms. The fourth-order valence-electron chi connectivity index (χ4n) is 13.8. The quantitative estimate of drug-likeness (QED) is 0.116. The van der Waals surface area contributed by atoms with Crippen LogP contribution < -0.4 is 0 Å². The molecule has 0 unspecified atom stereocenters. The largest absolute Gasteiger partial charge is 0.257 e. The molecule has 4 heteroatoms. The lowest BCUT2D eigenvalue weighted by atomic mass is 9.86. The second kappa shape index (κ2) is 29.1. The summed E-state index contributed by atoms with van der Waals surface area (Å²) in [4.78, 5) is 12.0. The van der Waals surface area contributed by atoms with Crippen molar-refractivity contribution in [1.29, 1.82) is 0 Å². The van der Waals surface area contributed by atoms with Crippen LogP contribution >= 0.6 is 22.7 Å². The maximum atomic E-state index is 8.55. The lowest BCUT2D eigenvalue weighted by Crippen LogP contribution is -2.00. The molecule has 0 saturated heterocycles. The van der Waals surface area contributed by atoms with Crippen molar-refractivity contribution in [3.63, 3.8) is 0 Å². The van der Waals surface area contributed by atoms with Gasteiger partial charge in [0.1, 0.15) is 0 Å². The van der Waals surface area contributed by atoms with Crippen molar-refractivity contribution in [2.75, 3.05) is 0 Å². The number of rotatable bonds is 12. The van der Waals surface area contributed by atoms with Gasteiger partial charge >= 0.3 is 0 Å². The third-order valence-corrected chi connectivity index (χ3v) is 20.8. The molecule has 0 N–H and O–H groups in total. The zero-order chi connectivity index (χ0) is 70.6. The van der Waals surface area contributed by atoms with E-state index in [1.54, 1.807) is 0 Å². The number of hydrogen-bond acceptors (Lipinski definition) is 4. The summed E-state index contributed by atoms with van der Waals surface area (Å²) in [5.74, 6) is -0.588. The summed E-state index contributed by atoms with van der Waals surface area (Å²) in [7, 11) is 0. The Hall–Kier alpha value is -6.98. The molecule has 8 aromatic carbocycles. The van der Waals surface area contributed by atoms with Crippen LogP contribution in [0.25, 0.3) is 64.7 Å². The zero-order valence-corrected chi connectivity index (χ0v) is 61.8. The Morgan fingerprint density at radius 1 is 0.293 bits per heavy atom. The van der Waals surface area contributed by atoms with E-state index in [-0.39, 0.29) is 0 Å². The van der Waals surface area contributed by atoms with Crippen LogP contribution in [-0.2, 0) is 12.8 Å². The highest BCUT2D eigenvalue weighted by atomic mass is 32.1. The van der Waals surface area contributed by atoms with Crippen LogP contribution in [0.15, 0.2) is 143 Å². The molecule has 0 radical (unpaired) electrons. The Kier molecular flexibility index (Phi) is 20.2. The second-order valence-corrected chi connectivity index (χ2v) is 31.1. The highest BCUT2D eigenvalue weighted by Gasteiger charge is 2.21. The van der Waals surface area contributed by atoms with Crippen LogP contribution in [0.1, 0.15) is 265 Å². The third-order valence-electron chi connectivity index (χ3n) is 18.7. The van der Waals surface area contributed by atoms with Crippen LogP contribution in [-0.4, -0.2) is 11.4 Å². The molecule has 0 spiro atoms. The van der Waals surface area contributed by atoms with Crippen LogP contribution in [0, 0.1) is 41.5 Å². The monoisotopic (exact) mass is 1260 g/mol. The highest BCUT2D eigenvalue weighted by Crippen LogP contribution is 2.42. The van der Waals surface area contributed by atoms with Gasteiger partial charge < -0.3 is 0 Å². The number of aryl methyl sites for hydroxylation is 2. The second-order valence-electron chi connectivity index (χ2n) is 28.5. The number of thiophene rings is 2. The lowest BCUT2D eigenvalue weighted by molar-refractivity contribution is 0.818. The number of benzene rings is 8. The number of fused-ring (bicyclic) bond motifs is 4. The van der Waals surface area contributed by atoms with Gasteiger partial charge in [0.2, 0.25) is 0 Å². The van der Waals surface area contributed by atoms with Crippen molar-refractivity contribution in [2.24, 2.45) is 9.98 Å². The van der Waals surface area contributed by atoms with E-state index in [9.17, 15) is 0 Å². The van der Waals surface area contributed by atoms with E-state index in [2.05, 4.69) is 240 Å². The fraction of sp³-hybridized carbons (Fsp3) is 0.386. The molecule has 2 aromatic heterocycles. The molecule has 12 rings (SSSR count). The minimum atomic E-state index is -0.703. The van der Waals surface area contributed by atoms with Crippen LogP contribution in [0.5, 0.6) is 0 Å². The molecule has 480 valence electrons. The molecular formula is C88H106N2S2. The molecule has 2 aliphatic heterocycles. The average molecular weight is 1260 g/mol. The molecule has 0 saturated carbocycles. The SMILES string of the molecule is CC1=Nc2cc(-c3cc(C(C)C)c(C)c(C(C)C)c3)ccc2C1.Cc1cc2ccc(-c3cc(C(C)C)c(C)c(C(C)C)c3)cc2s1.[2H]C(C)(C)c1cc(-c2ccc3c(c2)N=C(C)C3)cc(C([2H])(C)C)c1C.[2H]C(C)(C)c1cc(-c2ccc3cc(C)sc3c2)cc(C([2H])(C)C)c1C. The molecular weight excluding hydrogens is 1150 g/mol. The summed E-state index contributed by atoms with van der Waals surface area (Å²) in [5.41, 5.74) is 31.8. The van der Waals surface area contributed by atoms with Gasteiger partial charge in [-0.15, -0.1) is 22.7 Å². The van der Waals surface area contributed by atoms with Gasteiger partial charge in [0, 0.05) is 48.9 Å². The van der Waals surface area contributed by atoms with Crippen molar-refractivity contribution in [2.45, 2.75) is 226 Å². The summed E-state index contributed by atoms with van der Waals surface area (Å²) >= 11 is 3.69. The Labute approximate surface area is 569 Å². The molecule has 2 aliphatic rings. The first-order chi connectivity index (χ1) is 44.7. The van der Waals surface area contributed by atoms with Crippen LogP contribution in [0.4, 0.5) is 11.4 Å². The Morgan fingerprint density at radius 3 is 0.815 bits per heavy atom. The van der Waals surface area contributed by atoms with Gasteiger partial charge in [-0.2, -0.15) is 0 Å². The molecule has 0 fully saturated rings. The van der Waals surface area contributed by atoms with Gasteiger partial charge in [-0.25, -0.2) is 0 Å². The van der Waals surface area contributed by atoms with Crippen LogP contribution in [0.3, 0.4) is 0 Å². The van der Waals surface area contributed by atoms with E-state index in [1.165, 1.54) is 102 Å². The zero-order valence-electron chi connectivity index (χ0n) is 64.1. The minimum absolute atomic E-state index is 0.544. The summed E-state index contributed by atoms with van der Waals surface area (Å²) < 4.78 is 36.9. The molecule has 0 amide bonds. The number of hydrogen-bond donors (Lipinski definition) is 0. The molecule has 0 atom stereocenters. The van der Waals surface area contributed by atoms with Crippen molar-refractivity contribution >= 4 is 65.6 Å². The van der Waals surface area contributed by atoms with Gasteiger partial charge in [0.15, 0.2) is 0 Å². The summed E-state index contributed by atoms with van der Waals surface area (Å²) in [6, 6.07) is 49.2. The lowest BCUT2D eigenvalue weighted by Gasteiger charge is -2.19. The van der Waals surface area contributed by atoms with Crippen molar-refractivity contribution < 1.29 is 5.48 Å². The fourth-order valence-corrected chi connectivity index (χ4v) is 15.7. The van der Waals surface area contributed by atoms with Gasteiger partial charge in [0.05, 0.1) is 11.4 Å². The standard InChI is InChI=1S/2C22H27N.2C22H26S/c4*1-13(2)20-10-19(11-21(14(3)4)16(20)6)17-7-8-18-9-15(5)23-22(18)12-17/h2*7-8,10-14H,9H2,1-6H3;2*7-14H,1-6H3/i13D,14D;;13D,14D;. The summed E-state index contributed by atoms with van der Waals surface area (Å²) in [6.45, 7) is 50.8. The van der Waals surface area contributed by atoms with Crippen LogP contribution in [0.2, 0.25) is 0 Å². The molecule has 0 aliphatic carbocycles.